The minimum absolute atomic E-state index is 0.0188. The van der Waals surface area contributed by atoms with E-state index in [9.17, 15) is 15.2 Å². The van der Waals surface area contributed by atoms with Gasteiger partial charge in [-0.15, -0.1) is 0 Å². The van der Waals surface area contributed by atoms with E-state index in [1.165, 1.54) is 31.1 Å². The van der Waals surface area contributed by atoms with Crippen LogP contribution in [0.5, 0.6) is 11.5 Å². The van der Waals surface area contributed by atoms with E-state index in [1.807, 2.05) is 0 Å². The number of rotatable bonds is 5. The van der Waals surface area contributed by atoms with Gasteiger partial charge >= 0.3 is 11.9 Å². The summed E-state index contributed by atoms with van der Waals surface area (Å²) in [7, 11) is 2.99. The molecule has 1 heterocycles. The number of aryl methyl sites for hydroxylation is 1. The summed E-state index contributed by atoms with van der Waals surface area (Å²) in [6.45, 7) is 0. The number of methoxy groups -OCH3 is 1. The van der Waals surface area contributed by atoms with Gasteiger partial charge in [-0.05, 0) is 28.1 Å². The summed E-state index contributed by atoms with van der Waals surface area (Å²) >= 11 is 0. The van der Waals surface area contributed by atoms with Gasteiger partial charge in [0, 0.05) is 17.7 Å². The molecule has 0 saturated carbocycles. The number of benzene rings is 1. The second-order valence-corrected chi connectivity index (χ2v) is 3.91. The van der Waals surface area contributed by atoms with Gasteiger partial charge in [0.15, 0.2) is 0 Å². The Labute approximate surface area is 118 Å². The number of anilines is 1. The molecule has 0 spiro atoms. The van der Waals surface area contributed by atoms with Gasteiger partial charge in [-0.25, -0.2) is 5.43 Å². The third-order valence-electron chi connectivity index (χ3n) is 2.52. The smallest absolute Gasteiger partial charge is 0.493 e. The molecule has 0 saturated heterocycles. The topological polar surface area (TPSA) is 128 Å². The van der Waals surface area contributed by atoms with Gasteiger partial charge in [0.25, 0.3) is 0 Å². The summed E-state index contributed by atoms with van der Waals surface area (Å²) in [5.41, 5.74) is 2.92. The van der Waals surface area contributed by atoms with Crippen molar-refractivity contribution in [2.75, 3.05) is 12.5 Å². The molecule has 1 aromatic carbocycles. The molecule has 1 aromatic heterocycles. The molecule has 0 unspecified atom stereocenters. The maximum atomic E-state index is 10.5. The maximum absolute atomic E-state index is 10.5. The zero-order valence-corrected chi connectivity index (χ0v) is 11.2. The van der Waals surface area contributed by atoms with Gasteiger partial charge in [-0.3, -0.25) is 0 Å². The van der Waals surface area contributed by atoms with E-state index in [0.29, 0.717) is 11.3 Å². The van der Waals surface area contributed by atoms with Crippen LogP contribution < -0.4 is 10.2 Å². The monoisotopic (exact) mass is 292 g/mol. The third-order valence-corrected chi connectivity index (χ3v) is 2.52. The lowest BCUT2D eigenvalue weighted by molar-refractivity contribution is -0.394. The molecule has 2 N–H and O–H groups in total. The number of ether oxygens (including phenoxy) is 1. The van der Waals surface area contributed by atoms with Crippen LogP contribution in [-0.2, 0) is 7.05 Å². The normalized spacial score (nSPS) is 10.8. The zero-order chi connectivity index (χ0) is 15.4. The molecule has 2 rings (SSSR count). The average molecular weight is 292 g/mol. The molecule has 0 aliphatic carbocycles. The van der Waals surface area contributed by atoms with Crippen molar-refractivity contribution in [3.63, 3.8) is 0 Å². The van der Waals surface area contributed by atoms with Crippen molar-refractivity contribution >= 4 is 18.1 Å². The highest BCUT2D eigenvalue weighted by Gasteiger charge is 2.18. The van der Waals surface area contributed by atoms with Crippen molar-refractivity contribution < 1.29 is 14.8 Å². The quantitative estimate of drug-likeness (QED) is 0.475. The molecule has 2 aromatic rings. The molecule has 0 atom stereocenters. The first-order chi connectivity index (χ1) is 10.0. The Hall–Kier alpha value is -3.17. The molecule has 110 valence electrons. The number of aromatic nitrogens is 3. The molecule has 10 nitrogen and oxygen atoms in total. The van der Waals surface area contributed by atoms with Crippen LogP contribution in [-0.4, -0.2) is 38.1 Å². The highest BCUT2D eigenvalue weighted by atomic mass is 16.6. The first kappa shape index (κ1) is 14.2. The van der Waals surface area contributed by atoms with Gasteiger partial charge in [0.2, 0.25) is 0 Å². The average Bonchev–Trinajstić information content (AvgIpc) is 2.83. The van der Waals surface area contributed by atoms with Crippen molar-refractivity contribution in [1.29, 1.82) is 0 Å². The Morgan fingerprint density at radius 2 is 2.33 bits per heavy atom. The van der Waals surface area contributed by atoms with E-state index in [-0.39, 0.29) is 11.7 Å². The Kier molecular flexibility index (Phi) is 3.97. The summed E-state index contributed by atoms with van der Waals surface area (Å²) in [4.78, 5) is 13.5. The number of aromatic hydroxyl groups is 1. The van der Waals surface area contributed by atoms with Crippen molar-refractivity contribution in [1.82, 2.24) is 14.8 Å². The molecule has 0 radical (unpaired) electrons. The molecule has 10 heteroatoms. The second-order valence-electron chi connectivity index (χ2n) is 3.91. The van der Waals surface area contributed by atoms with Crippen molar-refractivity contribution in [3.05, 3.63) is 33.9 Å². The Balaban J connectivity index is 2.14. The summed E-state index contributed by atoms with van der Waals surface area (Å²) in [5.74, 6) is 0.147. The van der Waals surface area contributed by atoms with Crippen LogP contribution in [0.15, 0.2) is 23.3 Å². The van der Waals surface area contributed by atoms with Gasteiger partial charge < -0.3 is 20.0 Å². The van der Waals surface area contributed by atoms with Gasteiger partial charge in [0.1, 0.15) is 11.5 Å². The van der Waals surface area contributed by atoms with E-state index in [1.54, 1.807) is 12.1 Å². The van der Waals surface area contributed by atoms with Crippen LogP contribution in [0, 0.1) is 10.1 Å². The van der Waals surface area contributed by atoms with Crippen molar-refractivity contribution in [3.8, 4) is 11.5 Å². The lowest BCUT2D eigenvalue weighted by Gasteiger charge is -2.02. The highest BCUT2D eigenvalue weighted by Crippen LogP contribution is 2.21. The van der Waals surface area contributed by atoms with Gasteiger partial charge in [-0.1, -0.05) is 0 Å². The third kappa shape index (κ3) is 3.23. The van der Waals surface area contributed by atoms with Gasteiger partial charge in [-0.2, -0.15) is 9.78 Å². The SMILES string of the molecule is COc1ccc(O)c(/C=N/Nc2nc([N+](=O)[O-])nn2C)c1. The summed E-state index contributed by atoms with van der Waals surface area (Å²) in [6, 6.07) is 4.65. The van der Waals surface area contributed by atoms with E-state index >= 15 is 0 Å². The molecule has 0 aliphatic rings. The van der Waals surface area contributed by atoms with Crippen LogP contribution in [0.2, 0.25) is 0 Å². The van der Waals surface area contributed by atoms with Crippen LogP contribution >= 0.6 is 0 Å². The predicted molar refractivity (Wildman–Crippen MR) is 73.5 cm³/mol. The van der Waals surface area contributed by atoms with Crippen molar-refractivity contribution in [2.24, 2.45) is 12.1 Å². The van der Waals surface area contributed by atoms with E-state index < -0.39 is 10.9 Å². The first-order valence-electron chi connectivity index (χ1n) is 5.72. The van der Waals surface area contributed by atoms with Crippen LogP contribution in [0.4, 0.5) is 11.9 Å². The Morgan fingerprint density at radius 3 is 2.95 bits per heavy atom. The second kappa shape index (κ2) is 5.86. The standard InChI is InChI=1S/C11H12N6O4/c1-16-10(13-11(15-16)17(19)20)14-12-6-7-5-8(21-2)3-4-9(7)18/h3-6,18H,1-2H3,(H,13,14,15)/b12-6+. The molecule has 21 heavy (non-hydrogen) atoms. The fraction of sp³-hybridized carbons (Fsp3) is 0.182. The molecule has 0 fully saturated rings. The minimum Gasteiger partial charge on any atom is -0.507 e. The molecule has 0 aliphatic heterocycles. The van der Waals surface area contributed by atoms with Gasteiger partial charge in [0.05, 0.1) is 13.3 Å². The molecular formula is C11H12N6O4. The summed E-state index contributed by atoms with van der Waals surface area (Å²) in [5, 5.41) is 27.6. The summed E-state index contributed by atoms with van der Waals surface area (Å²) < 4.78 is 6.21. The Morgan fingerprint density at radius 1 is 1.57 bits per heavy atom. The highest BCUT2D eigenvalue weighted by molar-refractivity contribution is 5.84. The van der Waals surface area contributed by atoms with E-state index in [4.69, 9.17) is 4.74 Å². The Bertz CT molecular complexity index is 696. The fourth-order valence-corrected chi connectivity index (χ4v) is 1.47. The molecule has 0 amide bonds. The van der Waals surface area contributed by atoms with Crippen LogP contribution in [0.3, 0.4) is 0 Å². The lowest BCUT2D eigenvalue weighted by Crippen LogP contribution is -2.00. The number of hydrogen-bond acceptors (Lipinski definition) is 8. The number of phenols is 1. The maximum Gasteiger partial charge on any atom is 0.493 e. The van der Waals surface area contributed by atoms with E-state index in [2.05, 4.69) is 20.6 Å². The predicted octanol–water partition coefficient (Wildman–Crippen LogP) is 0.883. The molecular weight excluding hydrogens is 280 g/mol. The largest absolute Gasteiger partial charge is 0.507 e. The number of phenolic OH excluding ortho intramolecular Hbond substituents is 1. The lowest BCUT2D eigenvalue weighted by atomic mass is 10.2. The number of nitrogens with zero attached hydrogens (tertiary/aromatic N) is 5. The van der Waals surface area contributed by atoms with E-state index in [0.717, 1.165) is 0 Å². The number of nitrogens with one attached hydrogen (secondary N) is 1. The minimum atomic E-state index is -0.706. The van der Waals surface area contributed by atoms with Crippen molar-refractivity contribution in [2.45, 2.75) is 0 Å². The fourth-order valence-electron chi connectivity index (χ4n) is 1.47. The van der Waals surface area contributed by atoms with Crippen LogP contribution in [0.25, 0.3) is 0 Å². The number of nitro groups is 1. The zero-order valence-electron chi connectivity index (χ0n) is 11.2. The number of hydrogen-bond donors (Lipinski definition) is 2. The van der Waals surface area contributed by atoms with Crippen LogP contribution in [0.1, 0.15) is 5.56 Å². The molecule has 0 bridgehead atoms. The first-order valence-corrected chi connectivity index (χ1v) is 5.72. The summed E-state index contributed by atoms with van der Waals surface area (Å²) in [6.07, 6.45) is 1.33. The number of hydrazone groups is 1.